The number of anilines is 1. The van der Waals surface area contributed by atoms with Crippen LogP contribution in [-0.4, -0.2) is 34.0 Å². The number of aromatic nitrogens is 2. The smallest absolute Gasteiger partial charge is 0.129 e. The number of piperidine rings is 1. The van der Waals surface area contributed by atoms with Crippen LogP contribution < -0.4 is 5.32 Å². The molecule has 3 heterocycles. The van der Waals surface area contributed by atoms with Crippen molar-refractivity contribution in [3.63, 3.8) is 0 Å². The van der Waals surface area contributed by atoms with E-state index < -0.39 is 0 Å². The van der Waals surface area contributed by atoms with Crippen LogP contribution in [0, 0.1) is 6.92 Å². The molecule has 1 saturated heterocycles. The van der Waals surface area contributed by atoms with E-state index in [1.54, 1.807) is 12.5 Å². The van der Waals surface area contributed by atoms with Gasteiger partial charge in [0.05, 0.1) is 0 Å². The van der Waals surface area contributed by atoms with E-state index in [4.69, 9.17) is 0 Å². The predicted molar refractivity (Wildman–Crippen MR) is 83.0 cm³/mol. The van der Waals surface area contributed by atoms with Crippen molar-refractivity contribution in [2.75, 3.05) is 18.4 Å². The molecule has 0 saturated carbocycles. The summed E-state index contributed by atoms with van der Waals surface area (Å²) in [6.45, 7) is 5.55. The van der Waals surface area contributed by atoms with Gasteiger partial charge in [0.2, 0.25) is 0 Å². The first-order valence-electron chi connectivity index (χ1n) is 7.09. The average molecular weight is 288 g/mol. The van der Waals surface area contributed by atoms with E-state index in [2.05, 4.69) is 38.6 Å². The van der Waals surface area contributed by atoms with E-state index in [1.807, 2.05) is 17.4 Å². The molecule has 1 aliphatic heterocycles. The van der Waals surface area contributed by atoms with Gasteiger partial charge >= 0.3 is 0 Å². The average Bonchev–Trinajstić information content (AvgIpc) is 2.86. The molecule has 0 aliphatic carbocycles. The van der Waals surface area contributed by atoms with E-state index in [0.717, 1.165) is 18.9 Å². The molecule has 0 radical (unpaired) electrons. The van der Waals surface area contributed by atoms with E-state index in [0.29, 0.717) is 6.04 Å². The third-order valence-electron chi connectivity index (χ3n) is 3.77. The zero-order chi connectivity index (χ0) is 13.8. The highest BCUT2D eigenvalue weighted by atomic mass is 32.1. The second kappa shape index (κ2) is 6.33. The van der Waals surface area contributed by atoms with Crippen molar-refractivity contribution >= 4 is 17.2 Å². The molecule has 2 aromatic rings. The van der Waals surface area contributed by atoms with Crippen molar-refractivity contribution < 1.29 is 0 Å². The minimum Gasteiger partial charge on any atom is -0.366 e. The first-order chi connectivity index (χ1) is 9.81. The largest absolute Gasteiger partial charge is 0.366 e. The lowest BCUT2D eigenvalue weighted by Gasteiger charge is -2.33. The fourth-order valence-electron chi connectivity index (χ4n) is 2.67. The van der Waals surface area contributed by atoms with Gasteiger partial charge in [-0.25, -0.2) is 9.97 Å². The number of hydrogen-bond acceptors (Lipinski definition) is 5. The lowest BCUT2D eigenvalue weighted by atomic mass is 10.1. The maximum Gasteiger partial charge on any atom is 0.129 e. The SMILES string of the molecule is Cc1ccsc1CN1CCCC(Nc2ccncn2)C1. The Balaban J connectivity index is 1.58. The van der Waals surface area contributed by atoms with E-state index in [1.165, 1.54) is 29.8 Å². The van der Waals surface area contributed by atoms with Gasteiger partial charge < -0.3 is 5.32 Å². The molecule has 0 amide bonds. The summed E-state index contributed by atoms with van der Waals surface area (Å²) in [5.41, 5.74) is 1.42. The van der Waals surface area contributed by atoms with Crippen LogP contribution in [0.4, 0.5) is 5.82 Å². The number of nitrogens with one attached hydrogen (secondary N) is 1. The topological polar surface area (TPSA) is 41.0 Å². The van der Waals surface area contributed by atoms with Crippen molar-refractivity contribution in [2.24, 2.45) is 0 Å². The van der Waals surface area contributed by atoms with Crippen molar-refractivity contribution in [1.82, 2.24) is 14.9 Å². The maximum atomic E-state index is 4.25. The highest BCUT2D eigenvalue weighted by molar-refractivity contribution is 7.10. The normalized spacial score (nSPS) is 19.9. The third-order valence-corrected chi connectivity index (χ3v) is 4.78. The lowest BCUT2D eigenvalue weighted by Crippen LogP contribution is -2.41. The minimum absolute atomic E-state index is 0.485. The van der Waals surface area contributed by atoms with Crippen molar-refractivity contribution in [1.29, 1.82) is 0 Å². The molecule has 1 unspecified atom stereocenters. The van der Waals surface area contributed by atoms with Gasteiger partial charge in [-0.3, -0.25) is 4.90 Å². The summed E-state index contributed by atoms with van der Waals surface area (Å²) in [5.74, 6) is 0.930. The van der Waals surface area contributed by atoms with Crippen LogP contribution in [0.3, 0.4) is 0 Å². The van der Waals surface area contributed by atoms with Gasteiger partial charge in [-0.05, 0) is 49.4 Å². The molecule has 20 heavy (non-hydrogen) atoms. The highest BCUT2D eigenvalue weighted by Gasteiger charge is 2.20. The number of hydrogen-bond donors (Lipinski definition) is 1. The van der Waals surface area contributed by atoms with Gasteiger partial charge in [0.15, 0.2) is 0 Å². The molecule has 0 bridgehead atoms. The van der Waals surface area contributed by atoms with Gasteiger partial charge in [0.25, 0.3) is 0 Å². The van der Waals surface area contributed by atoms with Crippen LogP contribution in [0.15, 0.2) is 30.0 Å². The number of thiophene rings is 1. The standard InChI is InChI=1S/C15H20N4S/c1-12-5-8-20-14(12)10-19-7-2-3-13(9-19)18-15-4-6-16-11-17-15/h4-6,8,11,13H,2-3,7,9-10H2,1H3,(H,16,17,18). The van der Waals surface area contributed by atoms with E-state index in [-0.39, 0.29) is 0 Å². The molecule has 1 aliphatic rings. The monoisotopic (exact) mass is 288 g/mol. The van der Waals surface area contributed by atoms with Crippen LogP contribution in [0.1, 0.15) is 23.3 Å². The molecule has 1 N–H and O–H groups in total. The van der Waals surface area contributed by atoms with Crippen LogP contribution in [0.5, 0.6) is 0 Å². The second-order valence-electron chi connectivity index (χ2n) is 5.34. The summed E-state index contributed by atoms with van der Waals surface area (Å²) >= 11 is 1.87. The molecular weight excluding hydrogens is 268 g/mol. The van der Waals surface area contributed by atoms with Crippen LogP contribution in [-0.2, 0) is 6.54 Å². The van der Waals surface area contributed by atoms with Crippen LogP contribution in [0.2, 0.25) is 0 Å². The molecule has 106 valence electrons. The Hall–Kier alpha value is -1.46. The molecule has 4 nitrogen and oxygen atoms in total. The molecule has 3 rings (SSSR count). The Morgan fingerprint density at radius 2 is 2.40 bits per heavy atom. The fourth-order valence-corrected chi connectivity index (χ4v) is 3.62. The van der Waals surface area contributed by atoms with Gasteiger partial charge in [-0.15, -0.1) is 11.3 Å². The van der Waals surface area contributed by atoms with Crippen molar-refractivity contribution in [3.8, 4) is 0 Å². The molecular formula is C15H20N4S. The van der Waals surface area contributed by atoms with E-state index >= 15 is 0 Å². The second-order valence-corrected chi connectivity index (χ2v) is 6.34. The first kappa shape index (κ1) is 13.5. The predicted octanol–water partition coefficient (Wildman–Crippen LogP) is 2.92. The number of nitrogens with zero attached hydrogens (tertiary/aromatic N) is 3. The molecule has 1 fully saturated rings. The number of rotatable bonds is 4. The van der Waals surface area contributed by atoms with Crippen molar-refractivity contribution in [3.05, 3.63) is 40.5 Å². The van der Waals surface area contributed by atoms with E-state index in [9.17, 15) is 0 Å². The van der Waals surface area contributed by atoms with Crippen molar-refractivity contribution in [2.45, 2.75) is 32.4 Å². The van der Waals surface area contributed by atoms with Crippen LogP contribution >= 0.6 is 11.3 Å². The summed E-state index contributed by atoms with van der Waals surface area (Å²) < 4.78 is 0. The van der Waals surface area contributed by atoms with Crippen LogP contribution in [0.25, 0.3) is 0 Å². The molecule has 0 spiro atoms. The Morgan fingerprint density at radius 1 is 1.45 bits per heavy atom. The molecule has 2 aromatic heterocycles. The maximum absolute atomic E-state index is 4.25. The lowest BCUT2D eigenvalue weighted by molar-refractivity contribution is 0.210. The summed E-state index contributed by atoms with van der Waals surface area (Å²) in [4.78, 5) is 12.2. The first-order valence-corrected chi connectivity index (χ1v) is 7.97. The quantitative estimate of drug-likeness (QED) is 0.939. The summed E-state index contributed by atoms with van der Waals surface area (Å²) in [6.07, 6.45) is 5.83. The molecule has 5 heteroatoms. The fraction of sp³-hybridized carbons (Fsp3) is 0.467. The summed E-state index contributed by atoms with van der Waals surface area (Å²) in [5, 5.41) is 5.70. The Labute approximate surface area is 123 Å². The zero-order valence-corrected chi connectivity index (χ0v) is 12.6. The number of aryl methyl sites for hydroxylation is 1. The molecule has 0 aromatic carbocycles. The third kappa shape index (κ3) is 3.35. The van der Waals surface area contributed by atoms with Gasteiger partial charge in [-0.2, -0.15) is 0 Å². The Bertz CT molecular complexity index is 540. The minimum atomic E-state index is 0.485. The van der Waals surface area contributed by atoms with Gasteiger partial charge in [-0.1, -0.05) is 0 Å². The Morgan fingerprint density at radius 3 is 3.15 bits per heavy atom. The summed E-state index contributed by atoms with van der Waals surface area (Å²) in [7, 11) is 0. The number of likely N-dealkylation sites (tertiary alicyclic amines) is 1. The zero-order valence-electron chi connectivity index (χ0n) is 11.7. The summed E-state index contributed by atoms with van der Waals surface area (Å²) in [6, 6.07) is 4.63. The Kier molecular flexibility index (Phi) is 4.28. The highest BCUT2D eigenvalue weighted by Crippen LogP contribution is 2.21. The van der Waals surface area contributed by atoms with Gasteiger partial charge in [0, 0.05) is 30.2 Å². The molecule has 1 atom stereocenters. The van der Waals surface area contributed by atoms with Gasteiger partial charge in [0.1, 0.15) is 12.1 Å².